The van der Waals surface area contributed by atoms with Crippen LogP contribution in [0.25, 0.3) is 11.3 Å². The number of nitrogens with zero attached hydrogens (tertiary/aromatic N) is 3. The highest BCUT2D eigenvalue weighted by Crippen LogP contribution is 2.32. The molecule has 0 bridgehead atoms. The van der Waals surface area contributed by atoms with Gasteiger partial charge in [-0.1, -0.05) is 6.07 Å². The minimum atomic E-state index is -0.227. The Morgan fingerprint density at radius 3 is 2.76 bits per heavy atom. The van der Waals surface area contributed by atoms with Gasteiger partial charge in [0, 0.05) is 29.9 Å². The number of rotatable bonds is 4. The Balaban J connectivity index is 0.00000225. The van der Waals surface area contributed by atoms with E-state index in [0.717, 1.165) is 30.8 Å². The first-order valence-electron chi connectivity index (χ1n) is 8.57. The molecule has 0 unspecified atom stereocenters. The van der Waals surface area contributed by atoms with E-state index in [2.05, 4.69) is 40.3 Å². The summed E-state index contributed by atoms with van der Waals surface area (Å²) in [6.45, 7) is 10.6. The van der Waals surface area contributed by atoms with Gasteiger partial charge in [0.1, 0.15) is 6.54 Å². The number of hydrogen-bond acceptors (Lipinski definition) is 3. The van der Waals surface area contributed by atoms with E-state index in [1.807, 2.05) is 31.5 Å². The SMILES string of the molecule is CCN1CCc2cc(-c3cncn3CC(=O)NC(C)(C)C)ccc21.Cl. The van der Waals surface area contributed by atoms with Crippen molar-refractivity contribution in [2.24, 2.45) is 0 Å². The van der Waals surface area contributed by atoms with Crippen LogP contribution >= 0.6 is 12.4 Å². The van der Waals surface area contributed by atoms with Gasteiger partial charge in [0.25, 0.3) is 0 Å². The van der Waals surface area contributed by atoms with Crippen molar-refractivity contribution in [1.29, 1.82) is 0 Å². The largest absolute Gasteiger partial charge is 0.371 e. The van der Waals surface area contributed by atoms with E-state index < -0.39 is 0 Å². The Morgan fingerprint density at radius 1 is 1.32 bits per heavy atom. The molecular weight excluding hydrogens is 336 g/mol. The highest BCUT2D eigenvalue weighted by Gasteiger charge is 2.19. The first kappa shape index (κ1) is 19.3. The van der Waals surface area contributed by atoms with Crippen molar-refractivity contribution >= 4 is 24.0 Å². The number of likely N-dealkylation sites (N-methyl/N-ethyl adjacent to an activating group) is 1. The monoisotopic (exact) mass is 362 g/mol. The van der Waals surface area contributed by atoms with Crippen LogP contribution in [0.5, 0.6) is 0 Å². The number of halogens is 1. The van der Waals surface area contributed by atoms with Crippen LogP contribution < -0.4 is 10.2 Å². The normalized spacial score (nSPS) is 13.4. The highest BCUT2D eigenvalue weighted by molar-refractivity contribution is 5.85. The van der Waals surface area contributed by atoms with Gasteiger partial charge in [0.2, 0.25) is 5.91 Å². The second-order valence-electron chi connectivity index (χ2n) is 7.38. The van der Waals surface area contributed by atoms with E-state index in [-0.39, 0.29) is 30.4 Å². The predicted octanol–water partition coefficient (Wildman–Crippen LogP) is 3.27. The first-order valence-corrected chi connectivity index (χ1v) is 8.57. The average molecular weight is 363 g/mol. The third kappa shape index (κ3) is 4.34. The van der Waals surface area contributed by atoms with E-state index in [1.165, 1.54) is 11.3 Å². The van der Waals surface area contributed by atoms with Crippen LogP contribution in [0, 0.1) is 0 Å². The maximum absolute atomic E-state index is 12.2. The van der Waals surface area contributed by atoms with Crippen molar-refractivity contribution in [2.45, 2.75) is 46.2 Å². The molecule has 1 N–H and O–H groups in total. The lowest BCUT2D eigenvalue weighted by Gasteiger charge is -2.21. The molecule has 0 fully saturated rings. The molecule has 6 heteroatoms. The summed E-state index contributed by atoms with van der Waals surface area (Å²) in [7, 11) is 0. The zero-order chi connectivity index (χ0) is 17.3. The van der Waals surface area contributed by atoms with Gasteiger partial charge in [-0.3, -0.25) is 4.79 Å². The fourth-order valence-electron chi connectivity index (χ4n) is 3.26. The maximum Gasteiger partial charge on any atom is 0.240 e. The second kappa shape index (κ2) is 7.48. The third-order valence-corrected chi connectivity index (χ3v) is 4.29. The Labute approximate surface area is 155 Å². The lowest BCUT2D eigenvalue weighted by atomic mass is 10.1. The van der Waals surface area contributed by atoms with E-state index in [0.29, 0.717) is 0 Å². The molecule has 1 amide bonds. The molecule has 0 saturated heterocycles. The third-order valence-electron chi connectivity index (χ3n) is 4.29. The second-order valence-corrected chi connectivity index (χ2v) is 7.38. The molecule has 0 radical (unpaired) electrons. The molecule has 1 aliphatic rings. The number of amides is 1. The Hall–Kier alpha value is -2.01. The van der Waals surface area contributed by atoms with Crippen LogP contribution in [-0.2, 0) is 17.8 Å². The Morgan fingerprint density at radius 2 is 2.08 bits per heavy atom. The zero-order valence-electron chi connectivity index (χ0n) is 15.4. The Kier molecular flexibility index (Phi) is 5.78. The number of anilines is 1. The molecule has 3 rings (SSSR count). The standard InChI is InChI=1S/C19H26N4O.ClH/c1-5-22-9-8-15-10-14(6-7-16(15)22)17-11-20-13-23(17)12-18(24)21-19(2,3)4;/h6-7,10-11,13H,5,8-9,12H2,1-4H3,(H,21,24);1H. The van der Waals surface area contributed by atoms with Crippen LogP contribution in [0.3, 0.4) is 0 Å². The molecular formula is C19H27ClN4O. The molecule has 2 heterocycles. The molecule has 2 aromatic rings. The summed E-state index contributed by atoms with van der Waals surface area (Å²) >= 11 is 0. The highest BCUT2D eigenvalue weighted by atomic mass is 35.5. The smallest absolute Gasteiger partial charge is 0.240 e. The summed E-state index contributed by atoms with van der Waals surface area (Å²) in [6, 6.07) is 6.55. The summed E-state index contributed by atoms with van der Waals surface area (Å²) in [4.78, 5) is 18.9. The lowest BCUT2D eigenvalue weighted by Crippen LogP contribution is -2.42. The number of benzene rings is 1. The fraction of sp³-hybridized carbons (Fsp3) is 0.474. The van der Waals surface area contributed by atoms with Crippen LogP contribution in [0.1, 0.15) is 33.3 Å². The number of aromatic nitrogens is 2. The fourth-order valence-corrected chi connectivity index (χ4v) is 3.26. The molecule has 136 valence electrons. The molecule has 1 aromatic heterocycles. The van der Waals surface area contributed by atoms with E-state index in [4.69, 9.17) is 0 Å². The number of hydrogen-bond donors (Lipinski definition) is 1. The van der Waals surface area contributed by atoms with Crippen molar-refractivity contribution in [2.75, 3.05) is 18.0 Å². The molecule has 0 saturated carbocycles. The number of carbonyl (C=O) groups excluding carboxylic acids is 1. The summed E-state index contributed by atoms with van der Waals surface area (Å²) in [5.74, 6) is 0.0000631. The van der Waals surface area contributed by atoms with Gasteiger partial charge in [-0.15, -0.1) is 12.4 Å². The molecule has 1 aromatic carbocycles. The quantitative estimate of drug-likeness (QED) is 0.908. The predicted molar refractivity (Wildman–Crippen MR) is 104 cm³/mol. The van der Waals surface area contributed by atoms with Gasteiger partial charge in [-0.25, -0.2) is 4.98 Å². The molecule has 25 heavy (non-hydrogen) atoms. The molecule has 0 aliphatic carbocycles. The van der Waals surface area contributed by atoms with Gasteiger partial charge in [-0.2, -0.15) is 0 Å². The van der Waals surface area contributed by atoms with E-state index in [1.54, 1.807) is 6.33 Å². The molecule has 0 spiro atoms. The van der Waals surface area contributed by atoms with Crippen molar-refractivity contribution in [3.8, 4) is 11.3 Å². The zero-order valence-corrected chi connectivity index (χ0v) is 16.2. The van der Waals surface area contributed by atoms with Gasteiger partial charge in [0.15, 0.2) is 0 Å². The van der Waals surface area contributed by atoms with Crippen molar-refractivity contribution in [3.63, 3.8) is 0 Å². The van der Waals surface area contributed by atoms with Crippen molar-refractivity contribution in [3.05, 3.63) is 36.3 Å². The summed E-state index contributed by atoms with van der Waals surface area (Å²) in [6.07, 6.45) is 4.64. The topological polar surface area (TPSA) is 50.2 Å². The van der Waals surface area contributed by atoms with Crippen LogP contribution in [0.15, 0.2) is 30.7 Å². The van der Waals surface area contributed by atoms with Gasteiger partial charge in [-0.05, 0) is 51.8 Å². The van der Waals surface area contributed by atoms with Gasteiger partial charge >= 0.3 is 0 Å². The number of nitrogens with one attached hydrogen (secondary N) is 1. The lowest BCUT2D eigenvalue weighted by molar-refractivity contribution is -0.123. The van der Waals surface area contributed by atoms with Crippen LogP contribution in [0.2, 0.25) is 0 Å². The number of carbonyl (C=O) groups is 1. The van der Waals surface area contributed by atoms with Gasteiger partial charge < -0.3 is 14.8 Å². The number of imidazole rings is 1. The average Bonchev–Trinajstić information content (AvgIpc) is 3.10. The summed E-state index contributed by atoms with van der Waals surface area (Å²) in [5, 5.41) is 3.00. The number of fused-ring (bicyclic) bond motifs is 1. The van der Waals surface area contributed by atoms with Crippen LogP contribution in [0.4, 0.5) is 5.69 Å². The van der Waals surface area contributed by atoms with Gasteiger partial charge in [0.05, 0.1) is 18.2 Å². The minimum Gasteiger partial charge on any atom is -0.371 e. The Bertz CT molecular complexity index is 748. The summed E-state index contributed by atoms with van der Waals surface area (Å²) in [5.41, 5.74) is 4.58. The molecule has 5 nitrogen and oxygen atoms in total. The van der Waals surface area contributed by atoms with Crippen molar-refractivity contribution in [1.82, 2.24) is 14.9 Å². The maximum atomic E-state index is 12.2. The molecule has 0 atom stereocenters. The summed E-state index contributed by atoms with van der Waals surface area (Å²) < 4.78 is 1.91. The minimum absolute atomic E-state index is 0. The molecule has 1 aliphatic heterocycles. The van der Waals surface area contributed by atoms with E-state index >= 15 is 0 Å². The van der Waals surface area contributed by atoms with E-state index in [9.17, 15) is 4.79 Å². The van der Waals surface area contributed by atoms with Crippen molar-refractivity contribution < 1.29 is 4.79 Å². The van der Waals surface area contributed by atoms with Crippen LogP contribution in [-0.4, -0.2) is 34.1 Å². The first-order chi connectivity index (χ1) is 11.4.